The first kappa shape index (κ1) is 21.1. The number of nitrogens with zero attached hydrogens (tertiary/aromatic N) is 2. The van der Waals surface area contributed by atoms with Crippen molar-refractivity contribution in [2.75, 3.05) is 0 Å². The average Bonchev–Trinajstić information content (AvgIpc) is 2.69. The van der Waals surface area contributed by atoms with Gasteiger partial charge in [0.2, 0.25) is 0 Å². The highest BCUT2D eigenvalue weighted by Gasteiger charge is 2.30. The third kappa shape index (κ3) is 5.71. The number of carbonyl (C=O) groups excluding carboxylic acids is 1. The zero-order valence-electron chi connectivity index (χ0n) is 15.0. The van der Waals surface area contributed by atoms with Gasteiger partial charge in [0.05, 0.1) is 16.9 Å². The first-order valence-corrected chi connectivity index (χ1v) is 8.73. The molecule has 1 aromatic heterocycles. The zero-order chi connectivity index (χ0) is 21.7. The molecule has 0 bridgehead atoms. The molecule has 0 aliphatic rings. The van der Waals surface area contributed by atoms with Crippen LogP contribution in [0, 0.1) is 0 Å². The monoisotopic (exact) mass is 435 g/mol. The van der Waals surface area contributed by atoms with Crippen LogP contribution in [0.2, 0.25) is 5.02 Å². The quantitative estimate of drug-likeness (QED) is 0.446. The minimum atomic E-state index is -4.76. The Bertz CT molecular complexity index is 1090. The standard InChI is InChI=1S/C20H13ClF3N3O3/c21-16-10-14(3-6-18(16)28)19(29)27-26-11-12-7-8-25-17(9-12)13-1-4-15(5-2-13)30-20(22,23)24/h1-11,28H,(H,27,29). The van der Waals surface area contributed by atoms with E-state index in [4.69, 9.17) is 11.6 Å². The highest BCUT2D eigenvalue weighted by molar-refractivity contribution is 6.32. The second-order valence-corrected chi connectivity index (χ2v) is 6.32. The minimum absolute atomic E-state index is 0.0389. The Balaban J connectivity index is 1.67. The highest BCUT2D eigenvalue weighted by atomic mass is 35.5. The molecule has 2 aromatic carbocycles. The molecule has 0 fully saturated rings. The molecule has 0 saturated carbocycles. The molecular formula is C20H13ClF3N3O3. The number of nitrogens with one attached hydrogen (secondary N) is 1. The summed E-state index contributed by atoms with van der Waals surface area (Å²) in [7, 11) is 0. The normalized spacial score (nSPS) is 11.5. The van der Waals surface area contributed by atoms with Crippen molar-refractivity contribution in [3.8, 4) is 22.8 Å². The summed E-state index contributed by atoms with van der Waals surface area (Å²) in [5.74, 6) is -0.997. The fourth-order valence-electron chi connectivity index (χ4n) is 2.39. The Kier molecular flexibility index (Phi) is 6.22. The van der Waals surface area contributed by atoms with Crippen molar-refractivity contribution in [2.45, 2.75) is 6.36 Å². The van der Waals surface area contributed by atoms with Crippen LogP contribution in [0.15, 0.2) is 65.9 Å². The van der Waals surface area contributed by atoms with Gasteiger partial charge in [-0.1, -0.05) is 11.6 Å². The van der Waals surface area contributed by atoms with Gasteiger partial charge in [0.25, 0.3) is 5.91 Å². The number of benzene rings is 2. The molecule has 3 rings (SSSR count). The largest absolute Gasteiger partial charge is 0.573 e. The predicted octanol–water partition coefficient (Wildman–Crippen LogP) is 4.77. The predicted molar refractivity (Wildman–Crippen MR) is 105 cm³/mol. The van der Waals surface area contributed by atoms with Crippen LogP contribution < -0.4 is 10.2 Å². The van der Waals surface area contributed by atoms with Crippen molar-refractivity contribution in [1.29, 1.82) is 0 Å². The molecule has 0 atom stereocenters. The number of phenolic OH excluding ortho intramolecular Hbond substituents is 1. The van der Waals surface area contributed by atoms with Crippen LogP contribution in [0.3, 0.4) is 0 Å². The average molecular weight is 436 g/mol. The van der Waals surface area contributed by atoms with Crippen LogP contribution in [0.25, 0.3) is 11.3 Å². The van der Waals surface area contributed by atoms with Crippen molar-refractivity contribution in [3.05, 3.63) is 76.9 Å². The van der Waals surface area contributed by atoms with Gasteiger partial charge in [-0.2, -0.15) is 5.10 Å². The number of amides is 1. The molecule has 1 heterocycles. The van der Waals surface area contributed by atoms with Crippen molar-refractivity contribution in [1.82, 2.24) is 10.4 Å². The maximum absolute atomic E-state index is 12.2. The fourth-order valence-corrected chi connectivity index (χ4v) is 2.57. The SMILES string of the molecule is O=C(NN=Cc1ccnc(-c2ccc(OC(F)(F)F)cc2)c1)c1ccc(O)c(Cl)c1. The molecule has 3 aromatic rings. The number of pyridine rings is 1. The number of hydrazone groups is 1. The number of aromatic nitrogens is 1. The number of phenols is 1. The lowest BCUT2D eigenvalue weighted by Gasteiger charge is -2.09. The van der Waals surface area contributed by atoms with Crippen LogP contribution >= 0.6 is 11.6 Å². The van der Waals surface area contributed by atoms with E-state index >= 15 is 0 Å². The van der Waals surface area contributed by atoms with Crippen LogP contribution in [0.5, 0.6) is 11.5 Å². The molecular weight excluding hydrogens is 423 g/mol. The van der Waals surface area contributed by atoms with Gasteiger partial charge in [-0.05, 0) is 60.2 Å². The summed E-state index contributed by atoms with van der Waals surface area (Å²) in [5.41, 5.74) is 4.21. The summed E-state index contributed by atoms with van der Waals surface area (Å²) < 4.78 is 40.6. The van der Waals surface area contributed by atoms with E-state index in [-0.39, 0.29) is 22.1 Å². The summed E-state index contributed by atoms with van der Waals surface area (Å²) in [6.45, 7) is 0. The minimum Gasteiger partial charge on any atom is -0.506 e. The lowest BCUT2D eigenvalue weighted by atomic mass is 10.1. The van der Waals surface area contributed by atoms with Crippen LogP contribution in [0.1, 0.15) is 15.9 Å². The zero-order valence-corrected chi connectivity index (χ0v) is 15.8. The van der Waals surface area contributed by atoms with E-state index in [9.17, 15) is 23.1 Å². The number of rotatable bonds is 5. The van der Waals surface area contributed by atoms with E-state index in [0.717, 1.165) is 0 Å². The van der Waals surface area contributed by atoms with Crippen molar-refractivity contribution in [2.24, 2.45) is 5.10 Å². The van der Waals surface area contributed by atoms with E-state index < -0.39 is 12.3 Å². The molecule has 0 aliphatic heterocycles. The summed E-state index contributed by atoms with van der Waals surface area (Å²) in [4.78, 5) is 16.2. The molecule has 0 unspecified atom stereocenters. The van der Waals surface area contributed by atoms with E-state index in [1.807, 2.05) is 0 Å². The second-order valence-electron chi connectivity index (χ2n) is 5.91. The summed E-state index contributed by atoms with van der Waals surface area (Å²) in [5, 5.41) is 13.3. The van der Waals surface area contributed by atoms with E-state index in [2.05, 4.69) is 20.2 Å². The lowest BCUT2D eigenvalue weighted by molar-refractivity contribution is -0.274. The highest BCUT2D eigenvalue weighted by Crippen LogP contribution is 2.26. The second kappa shape index (κ2) is 8.83. The number of hydrogen-bond acceptors (Lipinski definition) is 5. The van der Waals surface area contributed by atoms with Gasteiger partial charge in [-0.15, -0.1) is 13.2 Å². The van der Waals surface area contributed by atoms with Crippen molar-refractivity contribution < 1.29 is 27.8 Å². The molecule has 0 saturated heterocycles. The Hall–Kier alpha value is -3.59. The van der Waals surface area contributed by atoms with Crippen LogP contribution in [-0.2, 0) is 0 Å². The van der Waals surface area contributed by atoms with Gasteiger partial charge in [0.15, 0.2) is 0 Å². The van der Waals surface area contributed by atoms with E-state index in [1.165, 1.54) is 54.9 Å². The first-order valence-electron chi connectivity index (χ1n) is 8.35. The van der Waals surface area contributed by atoms with Gasteiger partial charge in [-0.25, -0.2) is 5.43 Å². The van der Waals surface area contributed by atoms with Gasteiger partial charge in [0.1, 0.15) is 11.5 Å². The Labute approximate surface area is 173 Å². The molecule has 30 heavy (non-hydrogen) atoms. The topological polar surface area (TPSA) is 83.8 Å². The molecule has 6 nitrogen and oxygen atoms in total. The lowest BCUT2D eigenvalue weighted by Crippen LogP contribution is -2.17. The fraction of sp³-hybridized carbons (Fsp3) is 0.0500. The summed E-state index contributed by atoms with van der Waals surface area (Å²) >= 11 is 5.77. The number of alkyl halides is 3. The Morgan fingerprint density at radius 3 is 2.53 bits per heavy atom. The molecule has 0 aliphatic carbocycles. The van der Waals surface area contributed by atoms with Gasteiger partial charge < -0.3 is 9.84 Å². The number of ether oxygens (including phenoxy) is 1. The van der Waals surface area contributed by atoms with Crippen LogP contribution in [-0.4, -0.2) is 28.6 Å². The van der Waals surface area contributed by atoms with Gasteiger partial charge >= 0.3 is 6.36 Å². The molecule has 1 amide bonds. The first-order chi connectivity index (χ1) is 14.2. The van der Waals surface area contributed by atoms with Crippen molar-refractivity contribution >= 4 is 23.7 Å². The number of carbonyl (C=O) groups is 1. The molecule has 10 heteroatoms. The van der Waals surface area contributed by atoms with E-state index in [0.29, 0.717) is 16.8 Å². The number of hydrogen-bond donors (Lipinski definition) is 2. The molecule has 0 radical (unpaired) electrons. The van der Waals surface area contributed by atoms with E-state index in [1.54, 1.807) is 12.1 Å². The third-order valence-electron chi connectivity index (χ3n) is 3.76. The number of aromatic hydroxyl groups is 1. The number of halogens is 4. The summed E-state index contributed by atoms with van der Waals surface area (Å²) in [6.07, 6.45) is -1.88. The smallest absolute Gasteiger partial charge is 0.506 e. The van der Waals surface area contributed by atoms with Crippen molar-refractivity contribution in [3.63, 3.8) is 0 Å². The maximum Gasteiger partial charge on any atom is 0.573 e. The molecule has 154 valence electrons. The molecule has 0 spiro atoms. The maximum atomic E-state index is 12.2. The Morgan fingerprint density at radius 2 is 1.87 bits per heavy atom. The third-order valence-corrected chi connectivity index (χ3v) is 4.06. The van der Waals surface area contributed by atoms with Crippen LogP contribution in [0.4, 0.5) is 13.2 Å². The van der Waals surface area contributed by atoms with Gasteiger partial charge in [0, 0.05) is 17.3 Å². The summed E-state index contributed by atoms with van der Waals surface area (Å²) in [6, 6.07) is 12.5. The molecule has 2 N–H and O–H groups in total. The Morgan fingerprint density at radius 1 is 1.13 bits per heavy atom. The van der Waals surface area contributed by atoms with Gasteiger partial charge in [-0.3, -0.25) is 9.78 Å².